The molecule has 4 aromatic rings. The molecule has 124 valence electrons. The number of rotatable bonds is 3. The second-order valence-electron chi connectivity index (χ2n) is 5.26. The topological polar surface area (TPSA) is 121 Å². The fraction of sp³-hybridized carbons (Fsp3) is 0.133. The number of hydrogen-bond acceptors (Lipinski definition) is 7. The van der Waals surface area contributed by atoms with Crippen LogP contribution in [0.3, 0.4) is 0 Å². The van der Waals surface area contributed by atoms with E-state index < -0.39 is 10.5 Å². The third-order valence-electron chi connectivity index (χ3n) is 3.80. The zero-order valence-electron chi connectivity index (χ0n) is 13.0. The Balaban J connectivity index is 2.03. The second-order valence-corrected chi connectivity index (χ2v) is 5.26. The Kier molecular flexibility index (Phi) is 3.24. The molecule has 0 bridgehead atoms. The highest BCUT2D eigenvalue weighted by Gasteiger charge is 2.18. The van der Waals surface area contributed by atoms with Crippen LogP contribution in [0.25, 0.3) is 22.5 Å². The molecule has 10 nitrogen and oxygen atoms in total. The number of benzene rings is 1. The summed E-state index contributed by atoms with van der Waals surface area (Å²) in [5.74, 6) is 0.886. The lowest BCUT2D eigenvalue weighted by molar-refractivity contribution is -0.384. The van der Waals surface area contributed by atoms with E-state index in [4.69, 9.17) is 0 Å². The van der Waals surface area contributed by atoms with Crippen molar-refractivity contribution in [2.45, 2.75) is 13.3 Å². The van der Waals surface area contributed by atoms with Gasteiger partial charge in [0.1, 0.15) is 11.2 Å². The van der Waals surface area contributed by atoms with Crippen molar-refractivity contribution in [3.8, 4) is 5.69 Å². The van der Waals surface area contributed by atoms with Gasteiger partial charge in [-0.1, -0.05) is 19.1 Å². The molecule has 0 fully saturated rings. The van der Waals surface area contributed by atoms with Crippen molar-refractivity contribution in [2.75, 3.05) is 0 Å². The van der Waals surface area contributed by atoms with Crippen LogP contribution >= 0.6 is 0 Å². The van der Waals surface area contributed by atoms with Gasteiger partial charge < -0.3 is 0 Å². The molecule has 0 aliphatic carbocycles. The minimum absolute atomic E-state index is 0.0562. The highest BCUT2D eigenvalue weighted by Crippen LogP contribution is 2.21. The summed E-state index contributed by atoms with van der Waals surface area (Å²) in [5.41, 5.74) is -0.0337. The third kappa shape index (κ3) is 2.23. The predicted molar refractivity (Wildman–Crippen MR) is 87.7 cm³/mol. The third-order valence-corrected chi connectivity index (χ3v) is 3.80. The SMILES string of the molecule is CCc1nc2nnc3c(=O)n(-c4ccccc4[N+](=O)[O-])ccc3n2n1. The number of nitrogens with zero attached hydrogens (tertiary/aromatic N) is 7. The fourth-order valence-electron chi connectivity index (χ4n) is 2.61. The first-order valence-corrected chi connectivity index (χ1v) is 7.47. The molecule has 0 unspecified atom stereocenters. The van der Waals surface area contributed by atoms with Crippen molar-refractivity contribution >= 4 is 22.5 Å². The average molecular weight is 337 g/mol. The minimum Gasteiger partial charge on any atom is -0.276 e. The van der Waals surface area contributed by atoms with E-state index in [1.54, 1.807) is 18.2 Å². The van der Waals surface area contributed by atoms with Gasteiger partial charge in [-0.2, -0.15) is 9.50 Å². The Morgan fingerprint density at radius 2 is 2.00 bits per heavy atom. The normalized spacial score (nSPS) is 11.2. The van der Waals surface area contributed by atoms with E-state index >= 15 is 0 Å². The van der Waals surface area contributed by atoms with E-state index in [0.29, 0.717) is 23.5 Å². The molecule has 0 amide bonds. The molecule has 0 saturated carbocycles. The van der Waals surface area contributed by atoms with Gasteiger partial charge in [-0.25, -0.2) is 0 Å². The Morgan fingerprint density at radius 1 is 1.20 bits per heavy atom. The standard InChI is InChI=1S/C15H11N7O3/c1-2-12-16-15-18-17-13-11(21(15)19-12)7-8-20(14(13)23)9-5-3-4-6-10(9)22(24)25/h3-8H,2H2,1H3. The first kappa shape index (κ1) is 14.9. The van der Waals surface area contributed by atoms with E-state index in [1.807, 2.05) is 6.92 Å². The van der Waals surface area contributed by atoms with Crippen molar-refractivity contribution < 1.29 is 4.92 Å². The van der Waals surface area contributed by atoms with Crippen LogP contribution in [0.5, 0.6) is 0 Å². The first-order chi connectivity index (χ1) is 12.1. The van der Waals surface area contributed by atoms with Gasteiger partial charge in [0, 0.05) is 18.7 Å². The highest BCUT2D eigenvalue weighted by molar-refractivity contribution is 5.75. The molecule has 0 N–H and O–H groups in total. The molecule has 0 aliphatic heterocycles. The molecule has 0 radical (unpaired) electrons. The lowest BCUT2D eigenvalue weighted by Gasteiger charge is -2.07. The van der Waals surface area contributed by atoms with E-state index in [9.17, 15) is 14.9 Å². The Labute approximate surface area is 139 Å². The highest BCUT2D eigenvalue weighted by atomic mass is 16.6. The minimum atomic E-state index is -0.536. The molecule has 1 aromatic carbocycles. The summed E-state index contributed by atoms with van der Waals surface area (Å²) in [6.07, 6.45) is 2.08. The molecule has 3 heterocycles. The van der Waals surface area contributed by atoms with Crippen molar-refractivity contribution in [1.29, 1.82) is 0 Å². The van der Waals surface area contributed by atoms with Crippen LogP contribution in [0.15, 0.2) is 41.3 Å². The van der Waals surface area contributed by atoms with Gasteiger partial charge in [-0.15, -0.1) is 15.3 Å². The van der Waals surface area contributed by atoms with Gasteiger partial charge >= 0.3 is 0 Å². The van der Waals surface area contributed by atoms with E-state index in [-0.39, 0.29) is 16.9 Å². The second kappa shape index (κ2) is 5.44. The number of nitro groups is 1. The predicted octanol–water partition coefficient (Wildman–Crippen LogP) is 1.29. The van der Waals surface area contributed by atoms with Crippen molar-refractivity contribution in [2.24, 2.45) is 0 Å². The number of aryl methyl sites for hydroxylation is 1. The molecule has 0 spiro atoms. The zero-order chi connectivity index (χ0) is 17.6. The van der Waals surface area contributed by atoms with Gasteiger partial charge in [0.05, 0.1) is 4.92 Å². The summed E-state index contributed by atoms with van der Waals surface area (Å²) in [7, 11) is 0. The quantitative estimate of drug-likeness (QED) is 0.408. The van der Waals surface area contributed by atoms with Crippen LogP contribution in [0, 0.1) is 10.1 Å². The van der Waals surface area contributed by atoms with Crippen LogP contribution in [0.4, 0.5) is 5.69 Å². The van der Waals surface area contributed by atoms with Crippen LogP contribution < -0.4 is 5.56 Å². The fourth-order valence-corrected chi connectivity index (χ4v) is 2.61. The molecule has 10 heteroatoms. The summed E-state index contributed by atoms with van der Waals surface area (Å²) < 4.78 is 2.63. The van der Waals surface area contributed by atoms with Gasteiger partial charge in [-0.3, -0.25) is 19.5 Å². The number of hydrogen-bond donors (Lipinski definition) is 0. The summed E-state index contributed by atoms with van der Waals surface area (Å²) in [6.45, 7) is 1.91. The van der Waals surface area contributed by atoms with Gasteiger partial charge in [0.25, 0.3) is 17.0 Å². The summed E-state index contributed by atoms with van der Waals surface area (Å²) in [5, 5.41) is 23.4. The Bertz CT molecular complexity index is 1190. The molecule has 4 rings (SSSR count). The van der Waals surface area contributed by atoms with Crippen LogP contribution in [-0.2, 0) is 6.42 Å². The van der Waals surface area contributed by atoms with Gasteiger partial charge in [-0.05, 0) is 12.1 Å². The van der Waals surface area contributed by atoms with E-state index in [0.717, 1.165) is 0 Å². The van der Waals surface area contributed by atoms with Crippen molar-refractivity contribution in [1.82, 2.24) is 29.4 Å². The van der Waals surface area contributed by atoms with E-state index in [2.05, 4.69) is 20.3 Å². The molecule has 3 aromatic heterocycles. The number of nitro benzene ring substituents is 1. The number of fused-ring (bicyclic) bond motifs is 3. The van der Waals surface area contributed by atoms with Gasteiger partial charge in [0.2, 0.25) is 0 Å². The van der Waals surface area contributed by atoms with E-state index in [1.165, 1.54) is 27.4 Å². The van der Waals surface area contributed by atoms with Crippen molar-refractivity contribution in [3.63, 3.8) is 0 Å². The number of pyridine rings is 1. The largest absolute Gasteiger partial charge is 0.293 e. The summed E-state index contributed by atoms with van der Waals surface area (Å²) >= 11 is 0. The lowest BCUT2D eigenvalue weighted by Crippen LogP contribution is -2.21. The average Bonchev–Trinajstić information content (AvgIpc) is 3.06. The van der Waals surface area contributed by atoms with Crippen LogP contribution in [-0.4, -0.2) is 34.3 Å². The number of aromatic nitrogens is 6. The lowest BCUT2D eigenvalue weighted by atomic mass is 10.2. The smallest absolute Gasteiger partial charge is 0.276 e. The van der Waals surface area contributed by atoms with Crippen LogP contribution in [0.2, 0.25) is 0 Å². The molecule has 0 aliphatic rings. The first-order valence-electron chi connectivity index (χ1n) is 7.47. The molecular formula is C15H11N7O3. The maximum atomic E-state index is 12.8. The molecule has 25 heavy (non-hydrogen) atoms. The maximum Gasteiger partial charge on any atom is 0.293 e. The Hall–Kier alpha value is -3.69. The van der Waals surface area contributed by atoms with Crippen molar-refractivity contribution in [3.05, 3.63) is 62.8 Å². The van der Waals surface area contributed by atoms with Crippen LogP contribution in [0.1, 0.15) is 12.7 Å². The summed E-state index contributed by atoms with van der Waals surface area (Å²) in [4.78, 5) is 27.7. The Morgan fingerprint density at radius 3 is 2.76 bits per heavy atom. The molecule has 0 atom stereocenters. The number of para-hydroxylation sites is 2. The molecule has 0 saturated heterocycles. The summed E-state index contributed by atoms with van der Waals surface area (Å²) in [6, 6.07) is 7.62. The molecular weight excluding hydrogens is 326 g/mol. The maximum absolute atomic E-state index is 12.8. The van der Waals surface area contributed by atoms with Gasteiger partial charge in [0.15, 0.2) is 11.3 Å². The monoisotopic (exact) mass is 337 g/mol. The zero-order valence-corrected chi connectivity index (χ0v) is 13.0.